The molecule has 0 bridgehead atoms. The van der Waals surface area contributed by atoms with Crippen LogP contribution in [0.15, 0.2) is 54.6 Å². The predicted molar refractivity (Wildman–Crippen MR) is 84.5 cm³/mol. The van der Waals surface area contributed by atoms with E-state index < -0.39 is 0 Å². The van der Waals surface area contributed by atoms with Crippen molar-refractivity contribution in [2.75, 3.05) is 19.0 Å². The van der Waals surface area contributed by atoms with Gasteiger partial charge in [0.2, 0.25) is 5.91 Å². The lowest BCUT2D eigenvalue weighted by atomic mass is 10.1. The molecule has 0 aliphatic rings. The van der Waals surface area contributed by atoms with Gasteiger partial charge in [-0.15, -0.1) is 0 Å². The molecule has 0 unspecified atom stereocenters. The van der Waals surface area contributed by atoms with Crippen molar-refractivity contribution in [1.82, 2.24) is 5.32 Å². The van der Waals surface area contributed by atoms with E-state index in [4.69, 9.17) is 4.74 Å². The average molecular weight is 284 g/mol. The van der Waals surface area contributed by atoms with Gasteiger partial charge in [0, 0.05) is 6.04 Å². The number of nitrogens with one attached hydrogen (secondary N) is 2. The Balaban J connectivity index is 1.88. The van der Waals surface area contributed by atoms with Crippen molar-refractivity contribution in [3.63, 3.8) is 0 Å². The minimum atomic E-state index is -0.0951. The zero-order valence-electron chi connectivity index (χ0n) is 12.3. The van der Waals surface area contributed by atoms with E-state index in [9.17, 15) is 4.79 Å². The Kier molecular flexibility index (Phi) is 5.35. The summed E-state index contributed by atoms with van der Waals surface area (Å²) in [5, 5.41) is 6.05. The molecule has 4 nitrogen and oxygen atoms in total. The number of benzene rings is 2. The maximum absolute atomic E-state index is 12.0. The van der Waals surface area contributed by atoms with Crippen LogP contribution in [0.5, 0.6) is 5.75 Å². The first-order valence-electron chi connectivity index (χ1n) is 6.92. The minimum Gasteiger partial charge on any atom is -0.495 e. The van der Waals surface area contributed by atoms with Crippen LogP contribution in [0, 0.1) is 0 Å². The number of carbonyl (C=O) groups is 1. The Bertz CT molecular complexity index is 584. The molecule has 2 aromatic carbocycles. The fraction of sp³-hybridized carbons (Fsp3) is 0.235. The summed E-state index contributed by atoms with van der Waals surface area (Å²) in [5.74, 6) is 0.559. The molecule has 0 radical (unpaired) electrons. The first-order valence-corrected chi connectivity index (χ1v) is 6.92. The van der Waals surface area contributed by atoms with E-state index in [0.717, 1.165) is 5.56 Å². The van der Waals surface area contributed by atoms with Crippen LogP contribution < -0.4 is 15.4 Å². The number of methoxy groups -OCH3 is 1. The molecule has 1 atom stereocenters. The number of hydrogen-bond donors (Lipinski definition) is 2. The minimum absolute atomic E-state index is 0.0951. The molecule has 21 heavy (non-hydrogen) atoms. The van der Waals surface area contributed by atoms with Crippen molar-refractivity contribution in [1.29, 1.82) is 0 Å². The third kappa shape index (κ3) is 4.33. The molecule has 1 amide bonds. The summed E-state index contributed by atoms with van der Waals surface area (Å²) in [5.41, 5.74) is 1.83. The van der Waals surface area contributed by atoms with Crippen LogP contribution in [0.25, 0.3) is 0 Å². The molecule has 0 saturated carbocycles. The lowest BCUT2D eigenvalue weighted by molar-refractivity contribution is -0.115. The summed E-state index contributed by atoms with van der Waals surface area (Å²) >= 11 is 0. The van der Waals surface area contributed by atoms with Crippen LogP contribution in [-0.4, -0.2) is 19.6 Å². The maximum Gasteiger partial charge on any atom is 0.238 e. The van der Waals surface area contributed by atoms with Gasteiger partial charge in [-0.05, 0) is 24.6 Å². The zero-order chi connectivity index (χ0) is 15.1. The van der Waals surface area contributed by atoms with Crippen LogP contribution in [0.2, 0.25) is 0 Å². The van der Waals surface area contributed by atoms with Gasteiger partial charge in [0.05, 0.1) is 19.3 Å². The third-order valence-electron chi connectivity index (χ3n) is 3.25. The molecule has 0 saturated heterocycles. The topological polar surface area (TPSA) is 50.4 Å². The third-order valence-corrected chi connectivity index (χ3v) is 3.25. The molecule has 110 valence electrons. The molecule has 2 aromatic rings. The van der Waals surface area contributed by atoms with Crippen molar-refractivity contribution in [2.24, 2.45) is 0 Å². The summed E-state index contributed by atoms with van der Waals surface area (Å²) in [7, 11) is 1.58. The smallest absolute Gasteiger partial charge is 0.238 e. The fourth-order valence-electron chi connectivity index (χ4n) is 2.05. The van der Waals surface area contributed by atoms with E-state index in [1.165, 1.54) is 0 Å². The highest BCUT2D eigenvalue weighted by Gasteiger charge is 2.09. The van der Waals surface area contributed by atoms with E-state index >= 15 is 0 Å². The molecule has 2 rings (SSSR count). The van der Waals surface area contributed by atoms with Crippen molar-refractivity contribution < 1.29 is 9.53 Å². The maximum atomic E-state index is 12.0. The van der Waals surface area contributed by atoms with Crippen LogP contribution >= 0.6 is 0 Å². The van der Waals surface area contributed by atoms with Gasteiger partial charge in [-0.3, -0.25) is 4.79 Å². The second-order valence-corrected chi connectivity index (χ2v) is 4.76. The highest BCUT2D eigenvalue weighted by atomic mass is 16.5. The van der Waals surface area contributed by atoms with Gasteiger partial charge < -0.3 is 15.4 Å². The van der Waals surface area contributed by atoms with E-state index in [1.807, 2.05) is 61.5 Å². The van der Waals surface area contributed by atoms with E-state index in [0.29, 0.717) is 11.4 Å². The SMILES string of the molecule is COc1ccccc1NC(=O)CN[C@H](C)c1ccccc1. The molecular weight excluding hydrogens is 264 g/mol. The standard InChI is InChI=1S/C17H20N2O2/c1-13(14-8-4-3-5-9-14)18-12-17(20)19-15-10-6-7-11-16(15)21-2/h3-11,13,18H,12H2,1-2H3,(H,19,20)/t13-/m1/s1. The number of carbonyl (C=O) groups excluding carboxylic acids is 1. The lowest BCUT2D eigenvalue weighted by Gasteiger charge is -2.15. The molecule has 2 N–H and O–H groups in total. The van der Waals surface area contributed by atoms with Gasteiger partial charge in [-0.25, -0.2) is 0 Å². The van der Waals surface area contributed by atoms with E-state index in [1.54, 1.807) is 7.11 Å². The van der Waals surface area contributed by atoms with Crippen molar-refractivity contribution >= 4 is 11.6 Å². The lowest BCUT2D eigenvalue weighted by Crippen LogP contribution is -2.30. The summed E-state index contributed by atoms with van der Waals surface area (Å²) in [6, 6.07) is 17.5. The number of rotatable bonds is 6. The average Bonchev–Trinajstić information content (AvgIpc) is 2.54. The second-order valence-electron chi connectivity index (χ2n) is 4.76. The first-order chi connectivity index (χ1) is 10.2. The normalized spacial score (nSPS) is 11.7. The quantitative estimate of drug-likeness (QED) is 0.857. The van der Waals surface area contributed by atoms with Crippen LogP contribution in [0.4, 0.5) is 5.69 Å². The molecule has 0 heterocycles. The Morgan fingerprint density at radius 3 is 2.48 bits per heavy atom. The van der Waals surface area contributed by atoms with Gasteiger partial charge in [-0.1, -0.05) is 42.5 Å². The van der Waals surface area contributed by atoms with Gasteiger partial charge in [0.15, 0.2) is 0 Å². The summed E-state index contributed by atoms with van der Waals surface area (Å²) in [4.78, 5) is 12.0. The monoisotopic (exact) mass is 284 g/mol. The first kappa shape index (κ1) is 15.1. The largest absolute Gasteiger partial charge is 0.495 e. The predicted octanol–water partition coefficient (Wildman–Crippen LogP) is 2.98. The van der Waals surface area contributed by atoms with Crippen LogP contribution in [0.1, 0.15) is 18.5 Å². The Morgan fingerprint density at radius 1 is 1.10 bits per heavy atom. The Morgan fingerprint density at radius 2 is 1.76 bits per heavy atom. The summed E-state index contributed by atoms with van der Waals surface area (Å²) in [6.45, 7) is 2.28. The summed E-state index contributed by atoms with van der Waals surface area (Å²) < 4.78 is 5.21. The van der Waals surface area contributed by atoms with Crippen molar-refractivity contribution in [3.05, 3.63) is 60.2 Å². The highest BCUT2D eigenvalue weighted by Crippen LogP contribution is 2.22. The molecule has 4 heteroatoms. The van der Waals surface area contributed by atoms with E-state index in [2.05, 4.69) is 10.6 Å². The molecule has 0 aliphatic heterocycles. The molecule has 0 spiro atoms. The number of ether oxygens (including phenoxy) is 1. The molecular formula is C17H20N2O2. The Labute approximate surface area is 125 Å². The summed E-state index contributed by atoms with van der Waals surface area (Å²) in [6.07, 6.45) is 0. The van der Waals surface area contributed by atoms with Crippen LogP contribution in [0.3, 0.4) is 0 Å². The van der Waals surface area contributed by atoms with Crippen molar-refractivity contribution in [3.8, 4) is 5.75 Å². The van der Waals surface area contributed by atoms with Gasteiger partial charge in [0.1, 0.15) is 5.75 Å². The molecule has 0 aromatic heterocycles. The second kappa shape index (κ2) is 7.45. The number of amides is 1. The van der Waals surface area contributed by atoms with Crippen LogP contribution in [-0.2, 0) is 4.79 Å². The number of hydrogen-bond acceptors (Lipinski definition) is 3. The molecule has 0 fully saturated rings. The Hall–Kier alpha value is -2.33. The van der Waals surface area contributed by atoms with Gasteiger partial charge in [-0.2, -0.15) is 0 Å². The van der Waals surface area contributed by atoms with Gasteiger partial charge >= 0.3 is 0 Å². The molecule has 0 aliphatic carbocycles. The number of para-hydroxylation sites is 2. The zero-order valence-corrected chi connectivity index (χ0v) is 12.3. The highest BCUT2D eigenvalue weighted by molar-refractivity contribution is 5.93. The number of anilines is 1. The van der Waals surface area contributed by atoms with Gasteiger partial charge in [0.25, 0.3) is 0 Å². The van der Waals surface area contributed by atoms with Crippen molar-refractivity contribution in [2.45, 2.75) is 13.0 Å². The van der Waals surface area contributed by atoms with E-state index in [-0.39, 0.29) is 18.5 Å². The fourth-order valence-corrected chi connectivity index (χ4v) is 2.05.